The molecule has 8 nitrogen and oxygen atoms in total. The molecule has 0 unspecified atom stereocenters. The molecule has 0 aromatic heterocycles. The van der Waals surface area contributed by atoms with E-state index in [1.165, 1.54) is 6.07 Å². The van der Waals surface area contributed by atoms with E-state index in [1.54, 1.807) is 18.2 Å². The van der Waals surface area contributed by atoms with Crippen LogP contribution in [0.1, 0.15) is 31.7 Å². The lowest BCUT2D eigenvalue weighted by atomic mass is 10.2. The smallest absolute Gasteiger partial charge is 0.330 e. The predicted molar refractivity (Wildman–Crippen MR) is 85.5 cm³/mol. The van der Waals surface area contributed by atoms with Crippen molar-refractivity contribution in [1.82, 2.24) is 5.32 Å². The Morgan fingerprint density at radius 3 is 2.79 bits per heavy atom. The van der Waals surface area contributed by atoms with Gasteiger partial charge in [0.15, 0.2) is 0 Å². The number of benzene rings is 1. The number of unbranched alkanes of at least 4 members (excludes halogenated alkanes) is 1. The second kappa shape index (κ2) is 10.8. The third-order valence-electron chi connectivity index (χ3n) is 2.96. The van der Waals surface area contributed by atoms with Gasteiger partial charge in [-0.2, -0.15) is 0 Å². The Bertz CT molecular complexity index is 600. The Hall–Kier alpha value is -2.90. The molecule has 1 N–H and O–H groups in total. The lowest BCUT2D eigenvalue weighted by Gasteiger charge is -2.09. The van der Waals surface area contributed by atoms with Gasteiger partial charge in [0.2, 0.25) is 5.91 Å². The van der Waals surface area contributed by atoms with E-state index in [0.29, 0.717) is 18.4 Å². The predicted octanol–water partition coefficient (Wildman–Crippen LogP) is 2.16. The molecule has 0 atom stereocenters. The van der Waals surface area contributed by atoms with Crippen molar-refractivity contribution in [3.8, 4) is 5.75 Å². The summed E-state index contributed by atoms with van der Waals surface area (Å²) in [5.74, 6) is -0.738. The Morgan fingerprint density at radius 1 is 1.33 bits per heavy atom. The molecule has 8 heteroatoms. The molecule has 0 spiro atoms. The molecule has 0 radical (unpaired) electrons. The summed E-state index contributed by atoms with van der Waals surface area (Å²) in [5, 5.41) is 11.8. The van der Waals surface area contributed by atoms with E-state index in [2.05, 4.69) is 10.2 Å². The summed E-state index contributed by atoms with van der Waals surface area (Å²) in [6.07, 6.45) is 5.70. The van der Waals surface area contributed by atoms with Crippen molar-refractivity contribution in [2.45, 2.75) is 32.8 Å². The van der Waals surface area contributed by atoms with Gasteiger partial charge in [0, 0.05) is 12.0 Å². The number of para-hydroxylation sites is 1. The number of hydrogen-bond acceptors (Lipinski definition) is 6. The van der Waals surface area contributed by atoms with Crippen LogP contribution in [0.5, 0.6) is 5.75 Å². The summed E-state index contributed by atoms with van der Waals surface area (Å²) >= 11 is 0. The van der Waals surface area contributed by atoms with E-state index >= 15 is 0 Å². The fourth-order valence-corrected chi connectivity index (χ4v) is 1.81. The lowest BCUT2D eigenvalue weighted by Crippen LogP contribution is -2.31. The molecule has 0 heterocycles. The van der Waals surface area contributed by atoms with Gasteiger partial charge in [-0.15, -0.1) is 10.1 Å². The van der Waals surface area contributed by atoms with E-state index in [1.807, 2.05) is 19.1 Å². The Morgan fingerprint density at radius 2 is 2.08 bits per heavy atom. The van der Waals surface area contributed by atoms with Crippen molar-refractivity contribution in [3.63, 3.8) is 0 Å². The first kappa shape index (κ1) is 19.1. The number of rotatable bonds is 10. The lowest BCUT2D eigenvalue weighted by molar-refractivity contribution is -0.763. The van der Waals surface area contributed by atoms with Crippen LogP contribution in [0.4, 0.5) is 0 Å². The highest BCUT2D eigenvalue weighted by Crippen LogP contribution is 2.19. The maximum Gasteiger partial charge on any atom is 0.330 e. The van der Waals surface area contributed by atoms with Crippen LogP contribution in [0, 0.1) is 10.1 Å². The average Bonchev–Trinajstić information content (AvgIpc) is 2.56. The van der Waals surface area contributed by atoms with Gasteiger partial charge in [-0.1, -0.05) is 30.4 Å². The SMILES string of the molecule is C/C=C\CCCC(=O)NCC(=O)Oc1ccccc1CO[N+](=O)[O-]. The van der Waals surface area contributed by atoms with Crippen LogP contribution in [0.25, 0.3) is 0 Å². The molecule has 24 heavy (non-hydrogen) atoms. The zero-order valence-corrected chi connectivity index (χ0v) is 13.4. The third kappa shape index (κ3) is 7.92. The normalized spacial score (nSPS) is 10.4. The van der Waals surface area contributed by atoms with Crippen LogP contribution < -0.4 is 10.1 Å². The zero-order chi connectivity index (χ0) is 17.8. The van der Waals surface area contributed by atoms with Crippen molar-refractivity contribution >= 4 is 11.9 Å². The van der Waals surface area contributed by atoms with Gasteiger partial charge >= 0.3 is 5.97 Å². The zero-order valence-electron chi connectivity index (χ0n) is 13.4. The minimum absolute atomic E-state index is 0.159. The molecule has 1 rings (SSSR count). The van der Waals surface area contributed by atoms with Gasteiger partial charge in [0.1, 0.15) is 18.9 Å². The van der Waals surface area contributed by atoms with Crippen molar-refractivity contribution in [2.75, 3.05) is 6.54 Å². The first-order valence-corrected chi connectivity index (χ1v) is 7.46. The first-order chi connectivity index (χ1) is 11.5. The molecule has 1 aromatic rings. The van der Waals surface area contributed by atoms with Crippen LogP contribution in [0.15, 0.2) is 36.4 Å². The molecule has 0 aliphatic heterocycles. The van der Waals surface area contributed by atoms with Crippen molar-refractivity contribution in [1.29, 1.82) is 0 Å². The molecule has 1 amide bonds. The van der Waals surface area contributed by atoms with Crippen molar-refractivity contribution < 1.29 is 24.3 Å². The van der Waals surface area contributed by atoms with Gasteiger partial charge < -0.3 is 14.9 Å². The van der Waals surface area contributed by atoms with Crippen molar-refractivity contribution in [3.05, 3.63) is 52.1 Å². The van der Waals surface area contributed by atoms with Crippen LogP contribution in [0.2, 0.25) is 0 Å². The average molecular weight is 336 g/mol. The van der Waals surface area contributed by atoms with Gasteiger partial charge in [-0.05, 0) is 25.8 Å². The van der Waals surface area contributed by atoms with Crippen LogP contribution in [-0.4, -0.2) is 23.5 Å². The second-order valence-corrected chi connectivity index (χ2v) is 4.82. The molecule has 1 aromatic carbocycles. The highest BCUT2D eigenvalue weighted by molar-refractivity contribution is 5.82. The largest absolute Gasteiger partial charge is 0.425 e. The highest BCUT2D eigenvalue weighted by Gasteiger charge is 2.11. The summed E-state index contributed by atoms with van der Waals surface area (Å²) in [6.45, 7) is 1.31. The molecule has 130 valence electrons. The number of carbonyl (C=O) groups is 2. The van der Waals surface area contributed by atoms with E-state index in [0.717, 1.165) is 6.42 Å². The molecule has 0 aliphatic carbocycles. The number of hydrogen-bond donors (Lipinski definition) is 1. The van der Waals surface area contributed by atoms with Gasteiger partial charge in [0.05, 0.1) is 0 Å². The highest BCUT2D eigenvalue weighted by atomic mass is 16.9. The first-order valence-electron chi connectivity index (χ1n) is 7.46. The van der Waals surface area contributed by atoms with Crippen LogP contribution >= 0.6 is 0 Å². The quantitative estimate of drug-likeness (QED) is 0.175. The Balaban J connectivity index is 2.42. The number of carbonyl (C=O) groups excluding carboxylic acids is 2. The molecular weight excluding hydrogens is 316 g/mol. The topological polar surface area (TPSA) is 108 Å². The molecule has 0 bridgehead atoms. The monoisotopic (exact) mass is 336 g/mol. The minimum Gasteiger partial charge on any atom is -0.425 e. The summed E-state index contributed by atoms with van der Waals surface area (Å²) < 4.78 is 5.10. The van der Waals surface area contributed by atoms with E-state index in [-0.39, 0.29) is 24.8 Å². The van der Waals surface area contributed by atoms with Gasteiger partial charge in [-0.3, -0.25) is 4.79 Å². The maximum absolute atomic E-state index is 11.8. The number of ether oxygens (including phenoxy) is 1. The standard InChI is InChI=1S/C16H20N2O6/c1-2-3-4-5-10-15(19)17-11-16(20)24-14-9-7-6-8-13(14)12-23-18(21)22/h2-3,6-9H,4-5,10-12H2,1H3,(H,17,19)/b3-2-. The summed E-state index contributed by atoms with van der Waals surface area (Å²) in [6, 6.07) is 6.31. The van der Waals surface area contributed by atoms with E-state index in [4.69, 9.17) is 4.74 Å². The van der Waals surface area contributed by atoms with Gasteiger partial charge in [-0.25, -0.2) is 4.79 Å². The van der Waals surface area contributed by atoms with E-state index < -0.39 is 11.1 Å². The molecule has 0 aliphatic rings. The summed E-state index contributed by atoms with van der Waals surface area (Å²) in [5.41, 5.74) is 0.361. The maximum atomic E-state index is 11.8. The number of nitrogens with one attached hydrogen (secondary N) is 1. The Kier molecular flexibility index (Phi) is 8.59. The fourth-order valence-electron chi connectivity index (χ4n) is 1.81. The Labute approximate surface area is 139 Å². The summed E-state index contributed by atoms with van der Waals surface area (Å²) in [7, 11) is 0. The van der Waals surface area contributed by atoms with E-state index in [9.17, 15) is 19.7 Å². The van der Waals surface area contributed by atoms with Crippen LogP contribution in [0.3, 0.4) is 0 Å². The summed E-state index contributed by atoms with van der Waals surface area (Å²) in [4.78, 5) is 37.8. The number of esters is 1. The second-order valence-electron chi connectivity index (χ2n) is 4.82. The minimum atomic E-state index is -0.924. The van der Waals surface area contributed by atoms with Crippen molar-refractivity contribution in [2.24, 2.45) is 0 Å². The number of allylic oxidation sites excluding steroid dienone is 2. The van der Waals surface area contributed by atoms with Crippen LogP contribution in [-0.2, 0) is 21.0 Å². The molecular formula is C16H20N2O6. The number of amides is 1. The molecule has 0 saturated heterocycles. The molecule has 0 fully saturated rings. The third-order valence-corrected chi connectivity index (χ3v) is 2.96. The van der Waals surface area contributed by atoms with Gasteiger partial charge in [0.25, 0.3) is 5.09 Å². The molecule has 0 saturated carbocycles. The fraction of sp³-hybridized carbons (Fsp3) is 0.375. The number of nitrogens with zero attached hydrogens (tertiary/aromatic N) is 1.